The summed E-state index contributed by atoms with van der Waals surface area (Å²) >= 11 is 0. The van der Waals surface area contributed by atoms with E-state index in [1.165, 1.54) is 19.3 Å². The number of pyridine rings is 1. The molecule has 0 aromatic carbocycles. The van der Waals surface area contributed by atoms with Crippen molar-refractivity contribution < 1.29 is 0 Å². The highest BCUT2D eigenvalue weighted by Gasteiger charge is 2.20. The van der Waals surface area contributed by atoms with Crippen LogP contribution in [0.25, 0.3) is 11.1 Å². The van der Waals surface area contributed by atoms with Gasteiger partial charge < -0.3 is 16.4 Å². The van der Waals surface area contributed by atoms with Gasteiger partial charge in [0.1, 0.15) is 11.6 Å². The molecule has 0 unspecified atom stereocenters. The van der Waals surface area contributed by atoms with Crippen LogP contribution in [0.4, 0.5) is 17.6 Å². The predicted octanol–water partition coefficient (Wildman–Crippen LogP) is 2.00. The van der Waals surface area contributed by atoms with Gasteiger partial charge in [-0.2, -0.15) is 4.98 Å². The van der Waals surface area contributed by atoms with Gasteiger partial charge in [0.25, 0.3) is 0 Å². The molecule has 6 nitrogen and oxygen atoms in total. The lowest BCUT2D eigenvalue weighted by Gasteiger charge is -2.30. The van der Waals surface area contributed by atoms with E-state index in [-0.39, 0.29) is 0 Å². The molecule has 0 atom stereocenters. The predicted molar refractivity (Wildman–Crippen MR) is 84.9 cm³/mol. The number of hydrogen-bond acceptors (Lipinski definition) is 6. The summed E-state index contributed by atoms with van der Waals surface area (Å²) < 4.78 is 0. The van der Waals surface area contributed by atoms with Gasteiger partial charge in [-0.3, -0.25) is 0 Å². The van der Waals surface area contributed by atoms with Gasteiger partial charge in [-0.15, -0.1) is 0 Å². The molecule has 1 fully saturated rings. The Bertz CT molecular complexity index is 631. The van der Waals surface area contributed by atoms with Crippen LogP contribution in [0.15, 0.2) is 18.3 Å². The van der Waals surface area contributed by atoms with Crippen molar-refractivity contribution in [2.75, 3.05) is 29.5 Å². The highest BCUT2D eigenvalue weighted by Crippen LogP contribution is 2.33. The molecule has 6 heteroatoms. The second-order valence-electron chi connectivity index (χ2n) is 5.39. The molecule has 1 aliphatic rings. The van der Waals surface area contributed by atoms with E-state index in [1.807, 2.05) is 13.0 Å². The quantitative estimate of drug-likeness (QED) is 0.876. The molecule has 0 bridgehead atoms. The molecule has 2 aromatic rings. The summed E-state index contributed by atoms with van der Waals surface area (Å²) in [5.74, 6) is 1.73. The molecule has 1 aliphatic heterocycles. The van der Waals surface area contributed by atoms with E-state index in [1.54, 1.807) is 12.3 Å². The van der Waals surface area contributed by atoms with Gasteiger partial charge in [-0.25, -0.2) is 9.97 Å². The lowest BCUT2D eigenvalue weighted by atomic mass is 10.0. The van der Waals surface area contributed by atoms with Crippen LogP contribution in [0, 0.1) is 6.92 Å². The SMILES string of the molecule is Cc1nc(N)nc(N2CCCCC2)c1-c1ccc(N)nc1. The molecule has 21 heavy (non-hydrogen) atoms. The number of piperidine rings is 1. The number of anilines is 3. The average Bonchev–Trinajstić information content (AvgIpc) is 2.49. The zero-order valence-electron chi connectivity index (χ0n) is 12.2. The van der Waals surface area contributed by atoms with Crippen molar-refractivity contribution in [2.24, 2.45) is 0 Å². The van der Waals surface area contributed by atoms with Crippen molar-refractivity contribution in [2.45, 2.75) is 26.2 Å². The molecule has 2 aromatic heterocycles. The van der Waals surface area contributed by atoms with E-state index < -0.39 is 0 Å². The van der Waals surface area contributed by atoms with E-state index in [0.717, 1.165) is 35.7 Å². The first-order chi connectivity index (χ1) is 10.1. The average molecular weight is 284 g/mol. The largest absolute Gasteiger partial charge is 0.384 e. The monoisotopic (exact) mass is 284 g/mol. The van der Waals surface area contributed by atoms with Crippen molar-refractivity contribution in [3.63, 3.8) is 0 Å². The lowest BCUT2D eigenvalue weighted by Crippen LogP contribution is -2.31. The first kappa shape index (κ1) is 13.6. The van der Waals surface area contributed by atoms with Crippen LogP contribution in [0.5, 0.6) is 0 Å². The Labute approximate surface area is 124 Å². The third-order valence-corrected chi connectivity index (χ3v) is 3.82. The van der Waals surface area contributed by atoms with Crippen molar-refractivity contribution in [3.05, 3.63) is 24.0 Å². The van der Waals surface area contributed by atoms with Crippen molar-refractivity contribution in [1.29, 1.82) is 0 Å². The van der Waals surface area contributed by atoms with Gasteiger partial charge in [0.15, 0.2) is 0 Å². The van der Waals surface area contributed by atoms with Gasteiger partial charge in [0.05, 0.1) is 5.69 Å². The maximum Gasteiger partial charge on any atom is 0.222 e. The summed E-state index contributed by atoms with van der Waals surface area (Å²) in [5, 5.41) is 0. The fourth-order valence-corrected chi connectivity index (χ4v) is 2.80. The number of nitrogens with two attached hydrogens (primary N) is 2. The van der Waals surface area contributed by atoms with Gasteiger partial charge in [0, 0.05) is 30.4 Å². The minimum absolute atomic E-state index is 0.320. The Morgan fingerprint density at radius 1 is 1.05 bits per heavy atom. The maximum absolute atomic E-state index is 5.85. The molecule has 0 saturated carbocycles. The third-order valence-electron chi connectivity index (χ3n) is 3.82. The number of aromatic nitrogens is 3. The van der Waals surface area contributed by atoms with Crippen molar-refractivity contribution in [3.8, 4) is 11.1 Å². The van der Waals surface area contributed by atoms with Crippen molar-refractivity contribution >= 4 is 17.6 Å². The Hall–Kier alpha value is -2.37. The van der Waals surface area contributed by atoms with Crippen molar-refractivity contribution in [1.82, 2.24) is 15.0 Å². The molecular formula is C15H20N6. The molecule has 0 spiro atoms. The minimum Gasteiger partial charge on any atom is -0.384 e. The van der Waals surface area contributed by atoms with E-state index >= 15 is 0 Å². The van der Waals surface area contributed by atoms with Crippen LogP contribution in [-0.2, 0) is 0 Å². The summed E-state index contributed by atoms with van der Waals surface area (Å²) in [6.45, 7) is 3.97. The Morgan fingerprint density at radius 3 is 2.48 bits per heavy atom. The van der Waals surface area contributed by atoms with Gasteiger partial charge in [0.2, 0.25) is 5.95 Å². The minimum atomic E-state index is 0.320. The topological polar surface area (TPSA) is 94.0 Å². The van der Waals surface area contributed by atoms with E-state index in [9.17, 15) is 0 Å². The molecule has 3 rings (SSSR count). The second kappa shape index (κ2) is 5.55. The Kier molecular flexibility index (Phi) is 3.60. The van der Waals surface area contributed by atoms with Crippen LogP contribution < -0.4 is 16.4 Å². The van der Waals surface area contributed by atoms with Gasteiger partial charge >= 0.3 is 0 Å². The van der Waals surface area contributed by atoms with Crippen LogP contribution in [-0.4, -0.2) is 28.0 Å². The normalized spacial score (nSPS) is 15.2. The molecule has 0 amide bonds. The summed E-state index contributed by atoms with van der Waals surface area (Å²) in [5.41, 5.74) is 14.4. The number of aryl methyl sites for hydroxylation is 1. The molecule has 4 N–H and O–H groups in total. The molecule has 0 radical (unpaired) electrons. The zero-order valence-corrected chi connectivity index (χ0v) is 12.2. The third kappa shape index (κ3) is 2.74. The van der Waals surface area contributed by atoms with Crippen LogP contribution in [0.3, 0.4) is 0 Å². The Morgan fingerprint density at radius 2 is 1.81 bits per heavy atom. The smallest absolute Gasteiger partial charge is 0.222 e. The fourth-order valence-electron chi connectivity index (χ4n) is 2.80. The molecule has 3 heterocycles. The standard InChI is InChI=1S/C15H20N6/c1-10-13(11-5-6-12(16)18-9-11)14(20-15(17)19-10)21-7-3-2-4-8-21/h5-6,9H,2-4,7-8H2,1H3,(H2,16,18)(H2,17,19,20). The van der Waals surface area contributed by atoms with Crippen LogP contribution in [0.1, 0.15) is 25.0 Å². The molecule has 0 aliphatic carbocycles. The summed E-state index contributed by atoms with van der Waals surface area (Å²) in [4.78, 5) is 15.3. The number of nitrogens with zero attached hydrogens (tertiary/aromatic N) is 4. The van der Waals surface area contributed by atoms with E-state index in [0.29, 0.717) is 11.8 Å². The highest BCUT2D eigenvalue weighted by molar-refractivity contribution is 5.78. The van der Waals surface area contributed by atoms with E-state index in [4.69, 9.17) is 11.5 Å². The highest BCUT2D eigenvalue weighted by atomic mass is 15.2. The Balaban J connectivity index is 2.11. The van der Waals surface area contributed by atoms with Gasteiger partial charge in [-0.1, -0.05) is 0 Å². The maximum atomic E-state index is 5.85. The zero-order chi connectivity index (χ0) is 14.8. The first-order valence-corrected chi connectivity index (χ1v) is 7.26. The molecule has 110 valence electrons. The number of rotatable bonds is 2. The van der Waals surface area contributed by atoms with Crippen LogP contribution in [0.2, 0.25) is 0 Å². The molecule has 1 saturated heterocycles. The molecular weight excluding hydrogens is 264 g/mol. The number of nitrogen functional groups attached to an aromatic ring is 2. The summed E-state index contributed by atoms with van der Waals surface area (Å²) in [6, 6.07) is 3.75. The first-order valence-electron chi connectivity index (χ1n) is 7.26. The summed E-state index contributed by atoms with van der Waals surface area (Å²) in [7, 11) is 0. The van der Waals surface area contributed by atoms with Gasteiger partial charge in [-0.05, 0) is 38.3 Å². The second-order valence-corrected chi connectivity index (χ2v) is 5.39. The van der Waals surface area contributed by atoms with E-state index in [2.05, 4.69) is 19.9 Å². The lowest BCUT2D eigenvalue weighted by molar-refractivity contribution is 0.573. The number of hydrogen-bond donors (Lipinski definition) is 2. The van der Waals surface area contributed by atoms with Crippen LogP contribution >= 0.6 is 0 Å². The fraction of sp³-hybridized carbons (Fsp3) is 0.400. The summed E-state index contributed by atoms with van der Waals surface area (Å²) in [6.07, 6.45) is 5.41.